The van der Waals surface area contributed by atoms with Crippen molar-refractivity contribution in [3.8, 4) is 5.75 Å². The number of amides is 1. The van der Waals surface area contributed by atoms with Crippen LogP contribution in [0.4, 0.5) is 5.69 Å². The zero-order valence-electron chi connectivity index (χ0n) is 8.03. The van der Waals surface area contributed by atoms with Crippen LogP contribution in [-0.2, 0) is 4.79 Å². The van der Waals surface area contributed by atoms with Gasteiger partial charge in [-0.05, 0) is 30.2 Å². The number of benzene rings is 1. The summed E-state index contributed by atoms with van der Waals surface area (Å²) in [5, 5.41) is 11.8. The maximum Gasteiger partial charge on any atom is 0.211 e. The molecule has 0 bridgehead atoms. The number of rotatable bonds is 4. The average Bonchev–Trinajstić information content (AvgIpc) is 2.20. The third kappa shape index (κ3) is 2.23. The lowest BCUT2D eigenvalue weighted by atomic mass is 10.0. The van der Waals surface area contributed by atoms with E-state index in [2.05, 4.69) is 5.32 Å². The van der Waals surface area contributed by atoms with Crippen LogP contribution in [0.3, 0.4) is 0 Å². The number of carbonyl (C=O) groups excluding carboxylic acids is 1. The SMILES string of the molecule is C[C@@H](CN)c1ccc(O)c(NC=O)c1. The molecule has 1 aromatic rings. The quantitative estimate of drug-likeness (QED) is 0.495. The van der Waals surface area contributed by atoms with Crippen molar-refractivity contribution in [3.63, 3.8) is 0 Å². The van der Waals surface area contributed by atoms with E-state index in [1.165, 1.54) is 0 Å². The first-order valence-corrected chi connectivity index (χ1v) is 4.42. The van der Waals surface area contributed by atoms with E-state index in [1.807, 2.05) is 6.92 Å². The van der Waals surface area contributed by atoms with Crippen molar-refractivity contribution < 1.29 is 9.90 Å². The predicted octanol–water partition coefficient (Wildman–Crippen LogP) is 1.02. The van der Waals surface area contributed by atoms with Crippen LogP contribution < -0.4 is 11.1 Å². The maximum atomic E-state index is 10.2. The Morgan fingerprint density at radius 1 is 1.64 bits per heavy atom. The van der Waals surface area contributed by atoms with Crippen molar-refractivity contribution in [1.29, 1.82) is 0 Å². The molecule has 1 amide bonds. The van der Waals surface area contributed by atoms with E-state index in [4.69, 9.17) is 5.73 Å². The summed E-state index contributed by atoms with van der Waals surface area (Å²) < 4.78 is 0. The first-order chi connectivity index (χ1) is 6.69. The van der Waals surface area contributed by atoms with Gasteiger partial charge >= 0.3 is 0 Å². The van der Waals surface area contributed by atoms with E-state index in [1.54, 1.807) is 18.2 Å². The zero-order chi connectivity index (χ0) is 10.6. The number of nitrogens with one attached hydrogen (secondary N) is 1. The fourth-order valence-corrected chi connectivity index (χ4v) is 1.18. The Bertz CT molecular complexity index is 326. The Morgan fingerprint density at radius 2 is 2.36 bits per heavy atom. The van der Waals surface area contributed by atoms with Gasteiger partial charge in [0.25, 0.3) is 0 Å². The van der Waals surface area contributed by atoms with Crippen LogP contribution >= 0.6 is 0 Å². The summed E-state index contributed by atoms with van der Waals surface area (Å²) >= 11 is 0. The number of aromatic hydroxyl groups is 1. The molecule has 0 radical (unpaired) electrons. The standard InChI is InChI=1S/C10H14N2O2/c1-7(5-11)8-2-3-10(14)9(4-8)12-6-13/h2-4,6-7,14H,5,11H2,1H3,(H,12,13)/t7-/m0/s1. The Morgan fingerprint density at radius 3 is 2.93 bits per heavy atom. The van der Waals surface area contributed by atoms with Crippen LogP contribution in [0.25, 0.3) is 0 Å². The number of anilines is 1. The minimum atomic E-state index is 0.0603. The highest BCUT2D eigenvalue weighted by Crippen LogP contribution is 2.26. The van der Waals surface area contributed by atoms with E-state index < -0.39 is 0 Å². The fraction of sp³-hybridized carbons (Fsp3) is 0.300. The maximum absolute atomic E-state index is 10.2. The van der Waals surface area contributed by atoms with Crippen molar-refractivity contribution in [3.05, 3.63) is 23.8 Å². The van der Waals surface area contributed by atoms with Gasteiger partial charge in [0.15, 0.2) is 0 Å². The highest BCUT2D eigenvalue weighted by atomic mass is 16.3. The van der Waals surface area contributed by atoms with E-state index >= 15 is 0 Å². The Labute approximate surface area is 82.7 Å². The Balaban J connectivity index is 2.99. The molecule has 0 saturated carbocycles. The van der Waals surface area contributed by atoms with E-state index in [0.29, 0.717) is 18.6 Å². The Hall–Kier alpha value is -1.55. The highest BCUT2D eigenvalue weighted by Gasteiger charge is 2.06. The lowest BCUT2D eigenvalue weighted by Gasteiger charge is -2.11. The molecule has 0 saturated heterocycles. The van der Waals surface area contributed by atoms with Gasteiger partial charge in [-0.15, -0.1) is 0 Å². The lowest BCUT2D eigenvalue weighted by Crippen LogP contribution is -2.09. The minimum absolute atomic E-state index is 0.0603. The molecule has 0 aliphatic heterocycles. The molecule has 4 N–H and O–H groups in total. The number of nitrogens with two attached hydrogens (primary N) is 1. The molecule has 0 heterocycles. The van der Waals surface area contributed by atoms with Gasteiger partial charge < -0.3 is 16.2 Å². The van der Waals surface area contributed by atoms with Gasteiger partial charge in [-0.3, -0.25) is 4.79 Å². The molecular weight excluding hydrogens is 180 g/mol. The summed E-state index contributed by atoms with van der Waals surface area (Å²) in [7, 11) is 0. The summed E-state index contributed by atoms with van der Waals surface area (Å²) in [5.41, 5.74) is 6.92. The summed E-state index contributed by atoms with van der Waals surface area (Å²) in [6.45, 7) is 2.52. The van der Waals surface area contributed by atoms with Crippen LogP contribution in [0, 0.1) is 0 Å². The van der Waals surface area contributed by atoms with Gasteiger partial charge in [-0.2, -0.15) is 0 Å². The van der Waals surface area contributed by atoms with Crippen molar-refractivity contribution in [1.82, 2.24) is 0 Å². The summed E-state index contributed by atoms with van der Waals surface area (Å²) in [6.07, 6.45) is 0.534. The van der Waals surface area contributed by atoms with E-state index in [9.17, 15) is 9.90 Å². The largest absolute Gasteiger partial charge is 0.506 e. The van der Waals surface area contributed by atoms with Crippen molar-refractivity contribution in [2.45, 2.75) is 12.8 Å². The van der Waals surface area contributed by atoms with Crippen LogP contribution in [0.5, 0.6) is 5.75 Å². The van der Waals surface area contributed by atoms with Crippen molar-refractivity contribution >= 4 is 12.1 Å². The summed E-state index contributed by atoms with van der Waals surface area (Å²) in [5.74, 6) is 0.271. The molecule has 0 aromatic heterocycles. The van der Waals surface area contributed by atoms with Gasteiger partial charge in [0.1, 0.15) is 5.75 Å². The smallest absolute Gasteiger partial charge is 0.211 e. The number of hydrogen-bond acceptors (Lipinski definition) is 3. The molecule has 14 heavy (non-hydrogen) atoms. The normalized spacial score (nSPS) is 12.1. The third-order valence-corrected chi connectivity index (χ3v) is 2.16. The van der Waals surface area contributed by atoms with Gasteiger partial charge in [0.05, 0.1) is 5.69 Å². The first-order valence-electron chi connectivity index (χ1n) is 4.42. The molecule has 4 heteroatoms. The molecule has 4 nitrogen and oxygen atoms in total. The van der Waals surface area contributed by atoms with Crippen molar-refractivity contribution in [2.75, 3.05) is 11.9 Å². The van der Waals surface area contributed by atoms with Crippen molar-refractivity contribution in [2.24, 2.45) is 5.73 Å². The molecule has 0 unspecified atom stereocenters. The number of carbonyl (C=O) groups is 1. The molecule has 0 aliphatic carbocycles. The van der Waals surface area contributed by atoms with Crippen LogP contribution in [0.2, 0.25) is 0 Å². The predicted molar refractivity (Wildman–Crippen MR) is 55.3 cm³/mol. The first kappa shape index (κ1) is 10.5. The molecule has 0 fully saturated rings. The van der Waals surface area contributed by atoms with Crippen LogP contribution in [0.15, 0.2) is 18.2 Å². The summed E-state index contributed by atoms with van der Waals surface area (Å²) in [4.78, 5) is 10.2. The molecule has 76 valence electrons. The monoisotopic (exact) mass is 194 g/mol. The molecule has 0 aliphatic rings. The fourth-order valence-electron chi connectivity index (χ4n) is 1.18. The number of hydrogen-bond donors (Lipinski definition) is 3. The lowest BCUT2D eigenvalue weighted by molar-refractivity contribution is -0.105. The second-order valence-electron chi connectivity index (χ2n) is 3.18. The van der Waals surface area contributed by atoms with Gasteiger partial charge in [-0.1, -0.05) is 13.0 Å². The second-order valence-corrected chi connectivity index (χ2v) is 3.18. The van der Waals surface area contributed by atoms with E-state index in [-0.39, 0.29) is 11.7 Å². The minimum Gasteiger partial charge on any atom is -0.506 e. The molecule has 0 spiro atoms. The molecule has 1 atom stereocenters. The third-order valence-electron chi connectivity index (χ3n) is 2.16. The topological polar surface area (TPSA) is 75.3 Å². The molecule has 1 aromatic carbocycles. The highest BCUT2D eigenvalue weighted by molar-refractivity contribution is 5.75. The summed E-state index contributed by atoms with van der Waals surface area (Å²) in [6, 6.07) is 5.07. The molecular formula is C10H14N2O2. The number of phenolic OH excluding ortho intramolecular Hbond substituents is 1. The second kappa shape index (κ2) is 4.62. The Kier molecular flexibility index (Phi) is 3.48. The van der Waals surface area contributed by atoms with E-state index in [0.717, 1.165) is 5.56 Å². The number of phenols is 1. The van der Waals surface area contributed by atoms with Gasteiger partial charge in [-0.25, -0.2) is 0 Å². The van der Waals surface area contributed by atoms with Crippen LogP contribution in [-0.4, -0.2) is 18.1 Å². The zero-order valence-corrected chi connectivity index (χ0v) is 8.03. The van der Waals surface area contributed by atoms with Gasteiger partial charge in [0.2, 0.25) is 6.41 Å². The van der Waals surface area contributed by atoms with Gasteiger partial charge in [0, 0.05) is 0 Å². The molecule has 1 rings (SSSR count). The van der Waals surface area contributed by atoms with Crippen LogP contribution in [0.1, 0.15) is 18.4 Å². The average molecular weight is 194 g/mol.